The molecule has 1 aliphatic heterocycles. The highest BCUT2D eigenvalue weighted by atomic mass is 19.1. The minimum absolute atomic E-state index is 0.00423. The average molecular weight is 341 g/mol. The number of rotatable bonds is 3. The second-order valence-electron chi connectivity index (χ2n) is 6.86. The second-order valence-corrected chi connectivity index (χ2v) is 6.86. The van der Waals surface area contributed by atoms with Crippen LogP contribution in [0.2, 0.25) is 0 Å². The smallest absolute Gasteiger partial charge is 0.264 e. The van der Waals surface area contributed by atoms with E-state index in [9.17, 15) is 14.3 Å². The van der Waals surface area contributed by atoms with E-state index in [4.69, 9.17) is 4.74 Å². The van der Waals surface area contributed by atoms with E-state index in [-0.39, 0.29) is 35.2 Å². The molecule has 1 amide bonds. The predicted molar refractivity (Wildman–Crippen MR) is 92.5 cm³/mol. The number of amides is 1. The topological polar surface area (TPSA) is 49.8 Å². The highest BCUT2D eigenvalue weighted by Gasteiger charge is 2.47. The summed E-state index contributed by atoms with van der Waals surface area (Å²) in [6.45, 7) is 0.315. The number of carbonyl (C=O) groups excluding carboxylic acids is 1. The minimum atomic E-state index is -0.259. The van der Waals surface area contributed by atoms with Crippen molar-refractivity contribution in [1.82, 2.24) is 0 Å². The van der Waals surface area contributed by atoms with Crippen molar-refractivity contribution in [3.8, 4) is 11.5 Å². The van der Waals surface area contributed by atoms with Crippen LogP contribution in [0.1, 0.15) is 31.2 Å². The van der Waals surface area contributed by atoms with Crippen molar-refractivity contribution in [3.63, 3.8) is 0 Å². The monoisotopic (exact) mass is 341 g/mol. The SMILES string of the molecule is O=C(COc1ccccc1O)N1CC2(CCCC2)c2c(F)cccc21. The number of phenols is 1. The molecule has 1 N–H and O–H groups in total. The van der Waals surface area contributed by atoms with Gasteiger partial charge in [0.25, 0.3) is 5.91 Å². The molecule has 1 spiro atoms. The quantitative estimate of drug-likeness (QED) is 0.924. The Bertz CT molecular complexity index is 814. The normalized spacial score (nSPS) is 17.7. The van der Waals surface area contributed by atoms with Crippen LogP contribution in [0.3, 0.4) is 0 Å². The standard InChI is InChI=1S/C20H20FNO3/c21-14-6-5-7-15-19(14)20(10-3-4-11-20)13-22(15)18(24)12-25-17-9-2-1-8-16(17)23/h1-2,5-9,23H,3-4,10-13H2. The highest BCUT2D eigenvalue weighted by molar-refractivity contribution is 5.97. The fraction of sp³-hybridized carbons (Fsp3) is 0.350. The maximum atomic E-state index is 14.5. The summed E-state index contributed by atoms with van der Waals surface area (Å²) in [6, 6.07) is 11.5. The number of phenolic OH excluding ortho intramolecular Hbond substituents is 1. The summed E-state index contributed by atoms with van der Waals surface area (Å²) >= 11 is 0. The summed E-state index contributed by atoms with van der Waals surface area (Å²) < 4.78 is 20.0. The maximum Gasteiger partial charge on any atom is 0.264 e. The first-order valence-corrected chi connectivity index (χ1v) is 8.61. The maximum absolute atomic E-state index is 14.5. The van der Waals surface area contributed by atoms with Crippen molar-refractivity contribution in [3.05, 3.63) is 53.8 Å². The molecule has 2 aromatic carbocycles. The lowest BCUT2D eigenvalue weighted by molar-refractivity contribution is -0.120. The van der Waals surface area contributed by atoms with Gasteiger partial charge in [0.05, 0.1) is 5.69 Å². The van der Waals surface area contributed by atoms with Crippen molar-refractivity contribution < 1.29 is 19.0 Å². The first kappa shape index (κ1) is 15.9. The van der Waals surface area contributed by atoms with Gasteiger partial charge in [0.1, 0.15) is 5.82 Å². The Morgan fingerprint density at radius 2 is 1.92 bits per heavy atom. The van der Waals surface area contributed by atoms with Crippen molar-refractivity contribution in [1.29, 1.82) is 0 Å². The molecule has 2 aromatic rings. The lowest BCUT2D eigenvalue weighted by Crippen LogP contribution is -2.38. The van der Waals surface area contributed by atoms with Gasteiger partial charge in [-0.2, -0.15) is 0 Å². The van der Waals surface area contributed by atoms with Crippen LogP contribution in [0, 0.1) is 5.82 Å². The Kier molecular flexibility index (Phi) is 3.86. The Labute approximate surface area is 145 Å². The molecule has 2 aliphatic rings. The largest absolute Gasteiger partial charge is 0.504 e. The van der Waals surface area contributed by atoms with E-state index in [0.29, 0.717) is 17.8 Å². The molecular formula is C20H20FNO3. The Morgan fingerprint density at radius 1 is 1.16 bits per heavy atom. The van der Waals surface area contributed by atoms with Crippen molar-refractivity contribution in [2.24, 2.45) is 0 Å². The number of para-hydroxylation sites is 2. The summed E-state index contributed by atoms with van der Waals surface area (Å²) in [5.74, 6) is -0.185. The molecule has 0 aromatic heterocycles. The number of fused-ring (bicyclic) bond motifs is 2. The van der Waals surface area contributed by atoms with Crippen LogP contribution in [-0.4, -0.2) is 24.2 Å². The molecule has 0 unspecified atom stereocenters. The number of hydrogen-bond acceptors (Lipinski definition) is 3. The van der Waals surface area contributed by atoms with E-state index in [1.165, 1.54) is 12.1 Å². The molecule has 4 nitrogen and oxygen atoms in total. The molecule has 1 saturated carbocycles. The number of ether oxygens (including phenoxy) is 1. The van der Waals surface area contributed by atoms with Gasteiger partial charge in [-0.25, -0.2) is 4.39 Å². The van der Waals surface area contributed by atoms with Gasteiger partial charge in [-0.05, 0) is 37.1 Å². The predicted octanol–water partition coefficient (Wildman–Crippen LogP) is 3.77. The van der Waals surface area contributed by atoms with Gasteiger partial charge in [-0.15, -0.1) is 0 Å². The Balaban J connectivity index is 1.58. The summed E-state index contributed by atoms with van der Waals surface area (Å²) in [5.41, 5.74) is 1.08. The number of anilines is 1. The van der Waals surface area contributed by atoms with Crippen LogP contribution in [0.4, 0.5) is 10.1 Å². The number of nitrogens with zero attached hydrogens (tertiary/aromatic N) is 1. The zero-order chi connectivity index (χ0) is 17.4. The van der Waals surface area contributed by atoms with Gasteiger partial charge in [0.2, 0.25) is 0 Å². The average Bonchev–Trinajstić information content (AvgIpc) is 3.21. The molecule has 0 radical (unpaired) electrons. The fourth-order valence-electron chi connectivity index (χ4n) is 4.21. The van der Waals surface area contributed by atoms with Crippen LogP contribution in [0.25, 0.3) is 0 Å². The molecule has 5 heteroatoms. The molecule has 1 heterocycles. The van der Waals surface area contributed by atoms with Crippen molar-refractivity contribution in [2.75, 3.05) is 18.1 Å². The molecule has 0 saturated heterocycles. The molecule has 1 aliphatic carbocycles. The molecule has 0 atom stereocenters. The van der Waals surface area contributed by atoms with E-state index >= 15 is 0 Å². The van der Waals surface area contributed by atoms with Crippen molar-refractivity contribution >= 4 is 11.6 Å². The lowest BCUT2D eigenvalue weighted by atomic mass is 9.80. The Morgan fingerprint density at radius 3 is 2.68 bits per heavy atom. The third-order valence-corrected chi connectivity index (χ3v) is 5.35. The summed E-state index contributed by atoms with van der Waals surface area (Å²) in [6.07, 6.45) is 3.93. The van der Waals surface area contributed by atoms with Gasteiger partial charge in [0, 0.05) is 17.5 Å². The molecule has 130 valence electrons. The second kappa shape index (κ2) is 6.06. The molecule has 25 heavy (non-hydrogen) atoms. The molecular weight excluding hydrogens is 321 g/mol. The van der Waals surface area contributed by atoms with E-state index in [2.05, 4.69) is 0 Å². The zero-order valence-electron chi connectivity index (χ0n) is 13.9. The van der Waals surface area contributed by atoms with E-state index in [1.54, 1.807) is 29.2 Å². The van der Waals surface area contributed by atoms with Gasteiger partial charge < -0.3 is 14.7 Å². The number of benzene rings is 2. The van der Waals surface area contributed by atoms with Crippen LogP contribution < -0.4 is 9.64 Å². The molecule has 1 fully saturated rings. The first-order valence-electron chi connectivity index (χ1n) is 8.61. The molecule has 0 bridgehead atoms. The van der Waals surface area contributed by atoms with Gasteiger partial charge in [-0.1, -0.05) is 31.0 Å². The third kappa shape index (κ3) is 2.64. The number of carbonyl (C=O) groups is 1. The van der Waals surface area contributed by atoms with Crippen molar-refractivity contribution in [2.45, 2.75) is 31.1 Å². The number of hydrogen-bond donors (Lipinski definition) is 1. The van der Waals surface area contributed by atoms with Crippen LogP contribution in [0.5, 0.6) is 11.5 Å². The van der Waals surface area contributed by atoms with E-state index in [0.717, 1.165) is 25.7 Å². The van der Waals surface area contributed by atoms with E-state index in [1.807, 2.05) is 6.07 Å². The van der Waals surface area contributed by atoms with Crippen LogP contribution in [0.15, 0.2) is 42.5 Å². The summed E-state index contributed by atoms with van der Waals surface area (Å²) in [7, 11) is 0. The number of halogens is 1. The summed E-state index contributed by atoms with van der Waals surface area (Å²) in [5, 5.41) is 9.75. The van der Waals surface area contributed by atoms with Crippen LogP contribution >= 0.6 is 0 Å². The third-order valence-electron chi connectivity index (χ3n) is 5.35. The molecule has 4 rings (SSSR count). The Hall–Kier alpha value is -2.56. The first-order chi connectivity index (χ1) is 12.1. The zero-order valence-corrected chi connectivity index (χ0v) is 13.9. The minimum Gasteiger partial charge on any atom is -0.504 e. The number of aromatic hydroxyl groups is 1. The van der Waals surface area contributed by atoms with Crippen LogP contribution in [-0.2, 0) is 10.2 Å². The lowest BCUT2D eigenvalue weighted by Gasteiger charge is -2.24. The van der Waals surface area contributed by atoms with Gasteiger partial charge in [0.15, 0.2) is 18.1 Å². The highest BCUT2D eigenvalue weighted by Crippen LogP contribution is 2.51. The van der Waals surface area contributed by atoms with Gasteiger partial charge in [-0.3, -0.25) is 4.79 Å². The van der Waals surface area contributed by atoms with Gasteiger partial charge >= 0.3 is 0 Å². The fourth-order valence-corrected chi connectivity index (χ4v) is 4.21. The van der Waals surface area contributed by atoms with E-state index < -0.39 is 0 Å². The summed E-state index contributed by atoms with van der Waals surface area (Å²) in [4.78, 5) is 14.4.